The molecule has 2 aromatic carbocycles. The van der Waals surface area contributed by atoms with Crippen molar-refractivity contribution >= 4 is 66.6 Å². The van der Waals surface area contributed by atoms with Gasteiger partial charge in [-0.1, -0.05) is 0 Å². The van der Waals surface area contributed by atoms with Crippen molar-refractivity contribution in [3.8, 4) is 0 Å². The molecule has 6 rings (SSSR count). The van der Waals surface area contributed by atoms with Crippen LogP contribution in [0.5, 0.6) is 0 Å². The second-order valence-corrected chi connectivity index (χ2v) is 7.48. The van der Waals surface area contributed by atoms with E-state index in [0.29, 0.717) is 5.95 Å². The maximum atomic E-state index is 4.71. The zero-order chi connectivity index (χ0) is 19.2. The van der Waals surface area contributed by atoms with E-state index in [1.165, 1.54) is 0 Å². The van der Waals surface area contributed by atoms with E-state index in [-0.39, 0.29) is 0 Å². The van der Waals surface area contributed by atoms with Gasteiger partial charge in [0.25, 0.3) is 0 Å². The number of anilines is 4. The Morgan fingerprint density at radius 2 is 1.86 bits per heavy atom. The molecule has 140 valence electrons. The Bertz CT molecular complexity index is 1480. The van der Waals surface area contributed by atoms with E-state index in [1.807, 2.05) is 48.1 Å². The summed E-state index contributed by atoms with van der Waals surface area (Å²) in [5, 5.41) is 15.7. The smallest absolute Gasteiger partial charge is 0.231 e. The van der Waals surface area contributed by atoms with Crippen LogP contribution >= 0.6 is 11.3 Å². The van der Waals surface area contributed by atoms with Crippen LogP contribution in [0.25, 0.3) is 32.2 Å². The number of fused-ring (bicyclic) bond motifs is 3. The lowest BCUT2D eigenvalue weighted by atomic mass is 10.2. The van der Waals surface area contributed by atoms with Gasteiger partial charge >= 0.3 is 0 Å². The molecule has 0 unspecified atom stereocenters. The maximum Gasteiger partial charge on any atom is 0.231 e. The van der Waals surface area contributed by atoms with E-state index in [2.05, 4.69) is 41.8 Å². The Hall–Kier alpha value is -3.98. The molecule has 0 saturated carbocycles. The zero-order valence-corrected chi connectivity index (χ0v) is 15.8. The fourth-order valence-corrected chi connectivity index (χ4v) is 4.02. The lowest BCUT2D eigenvalue weighted by Crippen LogP contribution is -2.02. The van der Waals surface area contributed by atoms with Gasteiger partial charge in [-0.25, -0.2) is 4.98 Å². The van der Waals surface area contributed by atoms with Crippen molar-refractivity contribution < 1.29 is 0 Å². The lowest BCUT2D eigenvalue weighted by Gasteiger charge is -2.10. The van der Waals surface area contributed by atoms with Crippen LogP contribution in [-0.4, -0.2) is 30.1 Å². The van der Waals surface area contributed by atoms with Gasteiger partial charge in [0.2, 0.25) is 5.95 Å². The van der Waals surface area contributed by atoms with Gasteiger partial charge in [-0.2, -0.15) is 15.1 Å². The number of thiazole rings is 1. The first-order valence-electron chi connectivity index (χ1n) is 8.97. The molecule has 8 nitrogen and oxygen atoms in total. The predicted molar refractivity (Wildman–Crippen MR) is 116 cm³/mol. The minimum absolute atomic E-state index is 0.500. The summed E-state index contributed by atoms with van der Waals surface area (Å²) < 4.78 is 1.13. The van der Waals surface area contributed by atoms with Crippen molar-refractivity contribution in [3.63, 3.8) is 0 Å². The van der Waals surface area contributed by atoms with Crippen molar-refractivity contribution in [2.45, 2.75) is 0 Å². The molecule has 4 heterocycles. The minimum Gasteiger partial charge on any atom is -0.346 e. The predicted octanol–water partition coefficient (Wildman–Crippen LogP) is 4.93. The number of H-pyrrole nitrogens is 2. The van der Waals surface area contributed by atoms with E-state index < -0.39 is 0 Å². The first-order chi connectivity index (χ1) is 14.3. The Morgan fingerprint density at radius 3 is 2.86 bits per heavy atom. The zero-order valence-electron chi connectivity index (χ0n) is 15.0. The summed E-state index contributed by atoms with van der Waals surface area (Å²) in [4.78, 5) is 16.8. The van der Waals surface area contributed by atoms with Gasteiger partial charge in [-0.05, 0) is 42.5 Å². The molecule has 0 bridgehead atoms. The lowest BCUT2D eigenvalue weighted by molar-refractivity contribution is 1.12. The normalized spacial score (nSPS) is 11.4. The number of nitrogens with one attached hydrogen (secondary N) is 4. The molecule has 0 aliphatic carbocycles. The van der Waals surface area contributed by atoms with Crippen LogP contribution in [-0.2, 0) is 0 Å². The molecular weight excluding hydrogens is 384 g/mol. The third-order valence-electron chi connectivity index (χ3n) is 4.71. The number of aromatic nitrogens is 6. The maximum absolute atomic E-state index is 4.71. The molecule has 0 amide bonds. The third-order valence-corrected chi connectivity index (χ3v) is 5.50. The summed E-state index contributed by atoms with van der Waals surface area (Å²) in [6, 6.07) is 14.0. The molecule has 0 atom stereocenters. The van der Waals surface area contributed by atoms with Crippen molar-refractivity contribution in [2.75, 3.05) is 10.6 Å². The number of benzene rings is 2. The molecule has 0 spiro atoms. The fraction of sp³-hybridized carbons (Fsp3) is 0. The van der Waals surface area contributed by atoms with Crippen LogP contribution in [0.15, 0.2) is 60.4 Å². The molecule has 9 heteroatoms. The largest absolute Gasteiger partial charge is 0.346 e. The van der Waals surface area contributed by atoms with Crippen molar-refractivity contribution in [1.29, 1.82) is 0 Å². The van der Waals surface area contributed by atoms with Crippen LogP contribution in [0.2, 0.25) is 0 Å². The van der Waals surface area contributed by atoms with E-state index >= 15 is 0 Å². The van der Waals surface area contributed by atoms with Gasteiger partial charge in [0.1, 0.15) is 11.5 Å². The average Bonchev–Trinajstić information content (AvgIpc) is 3.47. The third kappa shape index (κ3) is 2.84. The average molecular weight is 398 g/mol. The van der Waals surface area contributed by atoms with Crippen LogP contribution in [0.3, 0.4) is 0 Å². The SMILES string of the molecule is c1cc2c(Nc3ccc4ncsc4c3)nc(Nc3ccc4cn[nH]c4c3)nc2[nH]1. The summed E-state index contributed by atoms with van der Waals surface area (Å²) in [6.45, 7) is 0. The number of aromatic amines is 2. The second-order valence-electron chi connectivity index (χ2n) is 6.59. The van der Waals surface area contributed by atoms with Gasteiger partial charge in [0.05, 0.1) is 32.8 Å². The standard InChI is InChI=1S/C20H14N8S/c1-2-12(7-16-11(1)9-23-28-16)25-20-26-18-14(5-6-21-18)19(27-20)24-13-3-4-15-17(8-13)29-10-22-15/h1-10H,(H,23,28)(H3,21,24,25,26,27). The number of hydrogen-bond acceptors (Lipinski definition) is 7. The van der Waals surface area contributed by atoms with Gasteiger partial charge < -0.3 is 15.6 Å². The highest BCUT2D eigenvalue weighted by Gasteiger charge is 2.11. The van der Waals surface area contributed by atoms with Crippen molar-refractivity contribution in [3.05, 3.63) is 60.4 Å². The number of hydrogen-bond donors (Lipinski definition) is 4. The van der Waals surface area contributed by atoms with Gasteiger partial charge in [-0.3, -0.25) is 5.10 Å². The van der Waals surface area contributed by atoms with Gasteiger partial charge in [0, 0.05) is 23.0 Å². The Kier molecular flexibility index (Phi) is 3.47. The summed E-state index contributed by atoms with van der Waals surface area (Å²) in [5.74, 6) is 1.23. The molecule has 4 N–H and O–H groups in total. The second kappa shape index (κ2) is 6.28. The Morgan fingerprint density at radius 1 is 0.931 bits per heavy atom. The Labute approximate surface area is 168 Å². The summed E-state index contributed by atoms with van der Waals surface area (Å²) in [7, 11) is 0. The van der Waals surface area contributed by atoms with Gasteiger partial charge in [-0.15, -0.1) is 11.3 Å². The quantitative estimate of drug-likeness (QED) is 0.335. The van der Waals surface area contributed by atoms with Crippen LogP contribution in [0.1, 0.15) is 0 Å². The van der Waals surface area contributed by atoms with Crippen LogP contribution in [0, 0.1) is 0 Å². The summed E-state index contributed by atoms with van der Waals surface area (Å²) in [6.07, 6.45) is 3.65. The summed E-state index contributed by atoms with van der Waals surface area (Å²) >= 11 is 1.61. The molecular formula is C20H14N8S. The van der Waals surface area contributed by atoms with E-state index in [9.17, 15) is 0 Å². The highest BCUT2D eigenvalue weighted by molar-refractivity contribution is 7.16. The first kappa shape index (κ1) is 16.0. The fourth-order valence-electron chi connectivity index (χ4n) is 3.31. The number of rotatable bonds is 4. The summed E-state index contributed by atoms with van der Waals surface area (Å²) in [5.41, 5.74) is 6.38. The molecule has 4 aromatic heterocycles. The highest BCUT2D eigenvalue weighted by atomic mass is 32.1. The molecule has 0 aliphatic rings. The highest BCUT2D eigenvalue weighted by Crippen LogP contribution is 2.29. The molecule has 0 radical (unpaired) electrons. The Balaban J connectivity index is 1.38. The monoisotopic (exact) mass is 398 g/mol. The van der Waals surface area contributed by atoms with E-state index in [1.54, 1.807) is 17.5 Å². The molecule has 0 saturated heterocycles. The van der Waals surface area contributed by atoms with E-state index in [0.717, 1.165) is 49.3 Å². The topological polar surface area (TPSA) is 107 Å². The van der Waals surface area contributed by atoms with Crippen LogP contribution < -0.4 is 10.6 Å². The molecule has 0 fully saturated rings. The van der Waals surface area contributed by atoms with Gasteiger partial charge in [0.15, 0.2) is 0 Å². The molecule has 6 aromatic rings. The first-order valence-corrected chi connectivity index (χ1v) is 9.85. The van der Waals surface area contributed by atoms with Crippen LogP contribution in [0.4, 0.5) is 23.1 Å². The molecule has 29 heavy (non-hydrogen) atoms. The minimum atomic E-state index is 0.500. The number of nitrogens with zero attached hydrogens (tertiary/aromatic N) is 4. The molecule has 0 aliphatic heterocycles. The van der Waals surface area contributed by atoms with Crippen molar-refractivity contribution in [2.24, 2.45) is 0 Å². The van der Waals surface area contributed by atoms with Crippen molar-refractivity contribution in [1.82, 2.24) is 30.1 Å². The van der Waals surface area contributed by atoms with E-state index in [4.69, 9.17) is 4.98 Å².